The molecule has 0 saturated carbocycles. The lowest BCUT2D eigenvalue weighted by molar-refractivity contribution is 0.593. The molecular weight excluding hydrogens is 102 g/mol. The zero-order valence-electron chi connectivity index (χ0n) is 5.00. The molecule has 1 aromatic rings. The fraction of sp³-hybridized carbons (Fsp3) is 0.600. The quantitative estimate of drug-likeness (QED) is 0.531. The number of hydrogen-bond acceptors (Lipinski definition) is 2. The predicted octanol–water partition coefficient (Wildman–Crippen LogP) is 0.659. The van der Waals surface area contributed by atoms with E-state index in [-0.39, 0.29) is 0 Å². The molecule has 1 aromatic heterocycles. The second-order valence-corrected chi connectivity index (χ2v) is 1.93. The van der Waals surface area contributed by atoms with Crippen molar-refractivity contribution in [2.75, 3.05) is 0 Å². The lowest BCUT2D eigenvalue weighted by Crippen LogP contribution is -1.95. The van der Waals surface area contributed by atoms with Gasteiger partial charge in [-0.25, -0.2) is 0 Å². The van der Waals surface area contributed by atoms with E-state index in [1.165, 1.54) is 0 Å². The first kappa shape index (κ1) is 5.28. The van der Waals surface area contributed by atoms with Crippen LogP contribution >= 0.6 is 0 Å². The van der Waals surface area contributed by atoms with Crippen molar-refractivity contribution >= 4 is 0 Å². The SMILES string of the molecule is CC(C)n1[c]nnc1. The molecule has 0 aromatic carbocycles. The Morgan fingerprint density at radius 1 is 1.62 bits per heavy atom. The molecule has 0 aliphatic rings. The molecule has 1 rings (SSSR count). The van der Waals surface area contributed by atoms with Crippen molar-refractivity contribution in [1.29, 1.82) is 0 Å². The van der Waals surface area contributed by atoms with Crippen molar-refractivity contribution in [3.8, 4) is 0 Å². The van der Waals surface area contributed by atoms with Gasteiger partial charge in [0.25, 0.3) is 0 Å². The van der Waals surface area contributed by atoms with Gasteiger partial charge in [-0.1, -0.05) is 0 Å². The first-order chi connectivity index (χ1) is 3.80. The van der Waals surface area contributed by atoms with Crippen LogP contribution < -0.4 is 0 Å². The summed E-state index contributed by atoms with van der Waals surface area (Å²) in [6.07, 6.45) is 4.35. The average molecular weight is 110 g/mol. The van der Waals surface area contributed by atoms with Gasteiger partial charge in [0.1, 0.15) is 6.33 Å². The molecule has 43 valence electrons. The summed E-state index contributed by atoms with van der Waals surface area (Å²) in [4.78, 5) is 0. The standard InChI is InChI=1S/C5H8N3/c1-5(2)8-3-6-7-4-8/h3,5H,1-2H3. The topological polar surface area (TPSA) is 30.7 Å². The van der Waals surface area contributed by atoms with Gasteiger partial charge < -0.3 is 4.57 Å². The maximum atomic E-state index is 3.60. The molecule has 0 bridgehead atoms. The second-order valence-electron chi connectivity index (χ2n) is 1.93. The minimum absolute atomic E-state index is 0.421. The Hall–Kier alpha value is -0.860. The van der Waals surface area contributed by atoms with Crippen molar-refractivity contribution in [1.82, 2.24) is 14.8 Å². The molecule has 0 fully saturated rings. The normalized spacial score (nSPS) is 10.4. The molecule has 0 aliphatic carbocycles. The summed E-state index contributed by atoms with van der Waals surface area (Å²) in [6, 6.07) is 0.421. The maximum absolute atomic E-state index is 3.60. The summed E-state index contributed by atoms with van der Waals surface area (Å²) in [5.41, 5.74) is 0. The Morgan fingerprint density at radius 2 is 2.38 bits per heavy atom. The van der Waals surface area contributed by atoms with E-state index >= 15 is 0 Å². The Morgan fingerprint density at radius 3 is 2.62 bits per heavy atom. The largest absolute Gasteiger partial charge is 0.308 e. The van der Waals surface area contributed by atoms with E-state index in [1.807, 2.05) is 4.57 Å². The van der Waals surface area contributed by atoms with E-state index in [9.17, 15) is 0 Å². The highest BCUT2D eigenvalue weighted by Gasteiger charge is 1.93. The van der Waals surface area contributed by atoms with E-state index in [0.717, 1.165) is 0 Å². The lowest BCUT2D eigenvalue weighted by atomic mass is 10.4. The van der Waals surface area contributed by atoms with Crippen LogP contribution in [0.2, 0.25) is 0 Å². The van der Waals surface area contributed by atoms with E-state index in [1.54, 1.807) is 6.33 Å². The first-order valence-corrected chi connectivity index (χ1v) is 2.58. The highest BCUT2D eigenvalue weighted by molar-refractivity contribution is 4.62. The summed E-state index contributed by atoms with van der Waals surface area (Å²) in [5, 5.41) is 7.13. The van der Waals surface area contributed by atoms with Crippen molar-refractivity contribution < 1.29 is 0 Å². The minimum Gasteiger partial charge on any atom is -0.308 e. The van der Waals surface area contributed by atoms with E-state index in [4.69, 9.17) is 0 Å². The van der Waals surface area contributed by atoms with Crippen molar-refractivity contribution in [3.63, 3.8) is 0 Å². The third kappa shape index (κ3) is 0.857. The number of hydrogen-bond donors (Lipinski definition) is 0. The van der Waals surface area contributed by atoms with Crippen LogP contribution in [0.4, 0.5) is 0 Å². The average Bonchev–Trinajstić information content (AvgIpc) is 2.12. The van der Waals surface area contributed by atoms with Gasteiger partial charge in [-0.3, -0.25) is 0 Å². The molecule has 0 atom stereocenters. The third-order valence-electron chi connectivity index (χ3n) is 0.950. The molecule has 0 spiro atoms. The first-order valence-electron chi connectivity index (χ1n) is 2.58. The van der Waals surface area contributed by atoms with E-state index in [0.29, 0.717) is 6.04 Å². The minimum atomic E-state index is 0.421. The van der Waals surface area contributed by atoms with Crippen LogP contribution in [0.25, 0.3) is 0 Å². The Balaban J connectivity index is 2.77. The van der Waals surface area contributed by atoms with Gasteiger partial charge in [0.15, 0.2) is 0 Å². The van der Waals surface area contributed by atoms with Crippen LogP contribution in [0, 0.1) is 6.33 Å². The van der Waals surface area contributed by atoms with Crippen LogP contribution in [-0.2, 0) is 0 Å². The smallest absolute Gasteiger partial charge is 0.202 e. The fourth-order valence-electron chi connectivity index (χ4n) is 0.434. The molecule has 1 radical (unpaired) electrons. The molecule has 0 aliphatic heterocycles. The molecule has 8 heavy (non-hydrogen) atoms. The van der Waals surface area contributed by atoms with Crippen LogP contribution in [0.15, 0.2) is 6.33 Å². The summed E-state index contributed by atoms with van der Waals surface area (Å²) >= 11 is 0. The highest BCUT2D eigenvalue weighted by Crippen LogP contribution is 1.97. The van der Waals surface area contributed by atoms with Crippen LogP contribution in [-0.4, -0.2) is 14.8 Å². The summed E-state index contributed by atoms with van der Waals surface area (Å²) in [6.45, 7) is 4.11. The Kier molecular flexibility index (Phi) is 1.28. The molecule has 0 unspecified atom stereocenters. The van der Waals surface area contributed by atoms with Gasteiger partial charge in [0.05, 0.1) is 0 Å². The molecule has 0 N–H and O–H groups in total. The Labute approximate surface area is 48.4 Å². The van der Waals surface area contributed by atoms with Gasteiger partial charge in [0.2, 0.25) is 6.33 Å². The highest BCUT2D eigenvalue weighted by atomic mass is 15.2. The summed E-state index contributed by atoms with van der Waals surface area (Å²) in [5.74, 6) is 0. The molecule has 0 amide bonds. The third-order valence-corrected chi connectivity index (χ3v) is 0.950. The number of nitrogens with zero attached hydrogens (tertiary/aromatic N) is 3. The molecule has 0 saturated heterocycles. The Bertz CT molecular complexity index is 143. The van der Waals surface area contributed by atoms with E-state index in [2.05, 4.69) is 30.4 Å². The van der Waals surface area contributed by atoms with Crippen molar-refractivity contribution in [2.45, 2.75) is 19.9 Å². The monoisotopic (exact) mass is 110 g/mol. The zero-order chi connectivity index (χ0) is 5.98. The summed E-state index contributed by atoms with van der Waals surface area (Å²) < 4.78 is 1.82. The van der Waals surface area contributed by atoms with Gasteiger partial charge in [-0.15, -0.1) is 10.2 Å². The van der Waals surface area contributed by atoms with Gasteiger partial charge >= 0.3 is 0 Å². The molecule has 3 heteroatoms. The number of rotatable bonds is 1. The number of aromatic nitrogens is 3. The molecule has 1 heterocycles. The van der Waals surface area contributed by atoms with Gasteiger partial charge in [-0.05, 0) is 13.8 Å². The van der Waals surface area contributed by atoms with Crippen molar-refractivity contribution in [2.24, 2.45) is 0 Å². The van der Waals surface area contributed by atoms with Gasteiger partial charge in [0, 0.05) is 6.04 Å². The summed E-state index contributed by atoms with van der Waals surface area (Å²) in [7, 11) is 0. The van der Waals surface area contributed by atoms with Crippen molar-refractivity contribution in [3.05, 3.63) is 12.7 Å². The van der Waals surface area contributed by atoms with E-state index < -0.39 is 0 Å². The van der Waals surface area contributed by atoms with Crippen LogP contribution in [0.3, 0.4) is 0 Å². The fourth-order valence-corrected chi connectivity index (χ4v) is 0.434. The predicted molar refractivity (Wildman–Crippen MR) is 29.2 cm³/mol. The zero-order valence-corrected chi connectivity index (χ0v) is 5.00. The second kappa shape index (κ2) is 1.94. The molecule has 3 nitrogen and oxygen atoms in total. The van der Waals surface area contributed by atoms with Crippen LogP contribution in [0.5, 0.6) is 0 Å². The maximum Gasteiger partial charge on any atom is 0.202 e. The van der Waals surface area contributed by atoms with Crippen LogP contribution in [0.1, 0.15) is 19.9 Å². The van der Waals surface area contributed by atoms with Gasteiger partial charge in [-0.2, -0.15) is 0 Å². The lowest BCUT2D eigenvalue weighted by Gasteiger charge is -2.00. The molecular formula is C5H8N3.